The highest BCUT2D eigenvalue weighted by Gasteiger charge is 2.17. The second-order valence-electron chi connectivity index (χ2n) is 4.41. The fraction of sp³-hybridized carbons (Fsp3) is 0.0667. The number of aliphatic hydroxyl groups is 1. The van der Waals surface area contributed by atoms with E-state index >= 15 is 0 Å². The van der Waals surface area contributed by atoms with Crippen LogP contribution in [0, 0.1) is 0 Å². The molecule has 0 fully saturated rings. The van der Waals surface area contributed by atoms with Gasteiger partial charge in [-0.2, -0.15) is 0 Å². The summed E-state index contributed by atoms with van der Waals surface area (Å²) in [5, 5.41) is 12.6. The van der Waals surface area contributed by atoms with Crippen molar-refractivity contribution in [1.29, 1.82) is 0 Å². The van der Waals surface area contributed by atoms with Crippen LogP contribution in [-0.4, -0.2) is 5.11 Å². The molecule has 0 spiro atoms. The van der Waals surface area contributed by atoms with E-state index in [-0.39, 0.29) is 0 Å². The van der Waals surface area contributed by atoms with E-state index in [9.17, 15) is 5.11 Å². The third-order valence-corrected chi connectivity index (χ3v) is 3.72. The number of benzene rings is 2. The Morgan fingerprint density at radius 1 is 0.950 bits per heavy atom. The summed E-state index contributed by atoms with van der Waals surface area (Å²) >= 11 is 17.9. The van der Waals surface area contributed by atoms with Crippen LogP contribution in [0.15, 0.2) is 46.9 Å². The van der Waals surface area contributed by atoms with E-state index in [1.807, 2.05) is 12.1 Å². The van der Waals surface area contributed by atoms with Gasteiger partial charge in [0, 0.05) is 15.4 Å². The Morgan fingerprint density at radius 3 is 2.30 bits per heavy atom. The first kappa shape index (κ1) is 13.8. The molecule has 1 aromatic heterocycles. The first-order valence-electron chi connectivity index (χ1n) is 5.86. The van der Waals surface area contributed by atoms with E-state index in [4.69, 9.17) is 39.2 Å². The van der Waals surface area contributed by atoms with Gasteiger partial charge in [-0.05, 0) is 35.9 Å². The maximum Gasteiger partial charge on any atom is 0.153 e. The summed E-state index contributed by atoms with van der Waals surface area (Å²) in [6, 6.07) is 12.1. The zero-order valence-corrected chi connectivity index (χ0v) is 12.4. The molecule has 0 saturated heterocycles. The van der Waals surface area contributed by atoms with Crippen LogP contribution in [0.1, 0.15) is 17.4 Å². The molecule has 3 rings (SSSR count). The first-order chi connectivity index (χ1) is 9.54. The minimum Gasteiger partial charge on any atom is -0.456 e. The van der Waals surface area contributed by atoms with Gasteiger partial charge in [-0.25, -0.2) is 0 Å². The highest BCUT2D eigenvalue weighted by Crippen LogP contribution is 2.33. The number of furan rings is 1. The molecule has 1 N–H and O–H groups in total. The SMILES string of the molecule is OC(c1cc(Cl)cc(Cl)c1)c1cc2cccc(Cl)c2o1. The normalized spacial score (nSPS) is 12.8. The summed E-state index contributed by atoms with van der Waals surface area (Å²) in [4.78, 5) is 0. The molecule has 0 radical (unpaired) electrons. The van der Waals surface area contributed by atoms with Gasteiger partial charge in [0.05, 0.1) is 5.02 Å². The summed E-state index contributed by atoms with van der Waals surface area (Å²) < 4.78 is 5.63. The van der Waals surface area contributed by atoms with Gasteiger partial charge in [0.25, 0.3) is 0 Å². The number of hydrogen-bond donors (Lipinski definition) is 1. The first-order valence-corrected chi connectivity index (χ1v) is 7.00. The predicted molar refractivity (Wildman–Crippen MR) is 81.7 cm³/mol. The van der Waals surface area contributed by atoms with Gasteiger partial charge in [-0.3, -0.25) is 0 Å². The Balaban J connectivity index is 2.07. The zero-order chi connectivity index (χ0) is 14.3. The number of hydrogen-bond acceptors (Lipinski definition) is 2. The molecule has 0 aliphatic carbocycles. The highest BCUT2D eigenvalue weighted by atomic mass is 35.5. The Bertz CT molecular complexity index is 760. The van der Waals surface area contributed by atoms with E-state index in [1.54, 1.807) is 30.3 Å². The molecule has 1 unspecified atom stereocenters. The van der Waals surface area contributed by atoms with Crippen molar-refractivity contribution in [3.05, 3.63) is 68.9 Å². The second-order valence-corrected chi connectivity index (χ2v) is 5.69. The van der Waals surface area contributed by atoms with Crippen molar-refractivity contribution in [2.24, 2.45) is 0 Å². The fourth-order valence-electron chi connectivity index (χ4n) is 2.08. The maximum absolute atomic E-state index is 10.4. The third-order valence-electron chi connectivity index (χ3n) is 2.99. The second kappa shape index (κ2) is 5.30. The molecule has 1 atom stereocenters. The molecular weight excluding hydrogens is 319 g/mol. The minimum atomic E-state index is -0.949. The molecular formula is C15H9Cl3O2. The molecule has 0 aliphatic heterocycles. The standard InChI is InChI=1S/C15H9Cl3O2/c16-10-4-9(5-11(17)7-10)14(19)13-6-8-2-1-3-12(18)15(8)20-13/h1-7,14,19H. The lowest BCUT2D eigenvalue weighted by Gasteiger charge is -2.09. The van der Waals surface area contributed by atoms with Gasteiger partial charge in [-0.15, -0.1) is 0 Å². The maximum atomic E-state index is 10.4. The Labute approximate surface area is 130 Å². The molecule has 20 heavy (non-hydrogen) atoms. The van der Waals surface area contributed by atoms with Gasteiger partial charge < -0.3 is 9.52 Å². The summed E-state index contributed by atoms with van der Waals surface area (Å²) in [7, 11) is 0. The number of aliphatic hydroxyl groups excluding tert-OH is 1. The molecule has 3 aromatic rings. The Kier molecular flexibility index (Phi) is 3.65. The van der Waals surface area contributed by atoms with Crippen LogP contribution in [0.2, 0.25) is 15.1 Å². The quantitative estimate of drug-likeness (QED) is 0.676. The van der Waals surface area contributed by atoms with Gasteiger partial charge in [0.1, 0.15) is 11.9 Å². The molecule has 0 amide bonds. The summed E-state index contributed by atoms with van der Waals surface area (Å²) in [5.41, 5.74) is 1.12. The number of halogens is 3. The molecule has 5 heteroatoms. The Morgan fingerprint density at radius 2 is 1.65 bits per heavy atom. The van der Waals surface area contributed by atoms with Crippen molar-refractivity contribution in [2.45, 2.75) is 6.10 Å². The molecule has 102 valence electrons. The van der Waals surface area contributed by atoms with Crippen molar-refractivity contribution in [2.75, 3.05) is 0 Å². The molecule has 2 aromatic carbocycles. The number of fused-ring (bicyclic) bond motifs is 1. The van der Waals surface area contributed by atoms with Crippen molar-refractivity contribution < 1.29 is 9.52 Å². The van der Waals surface area contributed by atoms with E-state index < -0.39 is 6.10 Å². The largest absolute Gasteiger partial charge is 0.456 e. The average molecular weight is 328 g/mol. The molecule has 2 nitrogen and oxygen atoms in total. The molecule has 0 saturated carbocycles. The van der Waals surface area contributed by atoms with Crippen molar-refractivity contribution in [1.82, 2.24) is 0 Å². The van der Waals surface area contributed by atoms with Gasteiger partial charge in [-0.1, -0.05) is 46.9 Å². The van der Waals surface area contributed by atoms with Crippen molar-refractivity contribution >= 4 is 45.8 Å². The van der Waals surface area contributed by atoms with Crippen molar-refractivity contribution in [3.8, 4) is 0 Å². The fourth-order valence-corrected chi connectivity index (χ4v) is 2.84. The van der Waals surface area contributed by atoms with E-state index in [1.165, 1.54) is 0 Å². The average Bonchev–Trinajstić information content (AvgIpc) is 2.82. The van der Waals surface area contributed by atoms with Crippen molar-refractivity contribution in [3.63, 3.8) is 0 Å². The highest BCUT2D eigenvalue weighted by molar-refractivity contribution is 6.35. The van der Waals surface area contributed by atoms with Crippen LogP contribution in [0.3, 0.4) is 0 Å². The van der Waals surface area contributed by atoms with Crippen LogP contribution in [-0.2, 0) is 0 Å². The molecule has 1 heterocycles. The number of rotatable bonds is 2. The van der Waals surface area contributed by atoms with Crippen LogP contribution in [0.5, 0.6) is 0 Å². The predicted octanol–water partition coefficient (Wildman–Crippen LogP) is 5.47. The zero-order valence-electron chi connectivity index (χ0n) is 10.1. The smallest absolute Gasteiger partial charge is 0.153 e. The van der Waals surface area contributed by atoms with Gasteiger partial charge >= 0.3 is 0 Å². The lowest BCUT2D eigenvalue weighted by atomic mass is 10.1. The van der Waals surface area contributed by atoms with Crippen LogP contribution < -0.4 is 0 Å². The van der Waals surface area contributed by atoms with Gasteiger partial charge in [0.15, 0.2) is 5.58 Å². The van der Waals surface area contributed by atoms with Crippen LogP contribution in [0.25, 0.3) is 11.0 Å². The lowest BCUT2D eigenvalue weighted by Crippen LogP contribution is -1.97. The number of para-hydroxylation sites is 1. The van der Waals surface area contributed by atoms with E-state index in [2.05, 4.69) is 0 Å². The lowest BCUT2D eigenvalue weighted by molar-refractivity contribution is 0.192. The van der Waals surface area contributed by atoms with Crippen LogP contribution >= 0.6 is 34.8 Å². The Hall–Kier alpha value is -1.19. The van der Waals surface area contributed by atoms with Gasteiger partial charge in [0.2, 0.25) is 0 Å². The molecule has 0 bridgehead atoms. The van der Waals surface area contributed by atoms with E-state index in [0.717, 1.165) is 5.39 Å². The van der Waals surface area contributed by atoms with E-state index in [0.29, 0.717) is 32.0 Å². The van der Waals surface area contributed by atoms with Crippen LogP contribution in [0.4, 0.5) is 0 Å². The monoisotopic (exact) mass is 326 g/mol. The summed E-state index contributed by atoms with van der Waals surface area (Å²) in [5.74, 6) is 0.395. The summed E-state index contributed by atoms with van der Waals surface area (Å²) in [6.45, 7) is 0. The third kappa shape index (κ3) is 2.52. The minimum absolute atomic E-state index is 0.395. The molecule has 0 aliphatic rings. The summed E-state index contributed by atoms with van der Waals surface area (Å²) in [6.07, 6.45) is -0.949. The topological polar surface area (TPSA) is 33.4 Å².